The number of rotatable bonds is 5. The minimum absolute atomic E-state index is 0.227. The van der Waals surface area contributed by atoms with E-state index in [0.29, 0.717) is 5.75 Å². The molecule has 0 saturated carbocycles. The highest BCUT2D eigenvalue weighted by molar-refractivity contribution is 5.85. The van der Waals surface area contributed by atoms with Gasteiger partial charge in [-0.2, -0.15) is 0 Å². The van der Waals surface area contributed by atoms with Crippen LogP contribution in [0, 0.1) is 0 Å². The van der Waals surface area contributed by atoms with Gasteiger partial charge in [-0.15, -0.1) is 0 Å². The van der Waals surface area contributed by atoms with Crippen LogP contribution < -0.4 is 21.7 Å². The number of nitrogens with one attached hydrogen (secondary N) is 1. The lowest BCUT2D eigenvalue weighted by Gasteiger charge is -2.11. The molecule has 0 aliphatic heterocycles. The third-order valence-corrected chi connectivity index (χ3v) is 3.40. The molecule has 0 radical (unpaired) electrons. The molecule has 0 unspecified atom stereocenters. The number of nitrogens with zero attached hydrogens (tertiary/aromatic N) is 2. The summed E-state index contributed by atoms with van der Waals surface area (Å²) in [5, 5.41) is 8.86. The minimum Gasteiger partial charge on any atom is -0.476 e. The first-order chi connectivity index (χ1) is 11.6. The monoisotopic (exact) mass is 325 g/mol. The van der Waals surface area contributed by atoms with Gasteiger partial charge in [0.1, 0.15) is 11.4 Å². The van der Waals surface area contributed by atoms with Crippen LogP contribution in [-0.4, -0.2) is 20.5 Å². The second-order valence-electron chi connectivity index (χ2n) is 4.93. The summed E-state index contributed by atoms with van der Waals surface area (Å²) < 4.78 is 7.28. The van der Waals surface area contributed by atoms with Gasteiger partial charge in [-0.25, -0.2) is 15.6 Å². The molecular weight excluding hydrogens is 310 g/mol. The van der Waals surface area contributed by atoms with Crippen LogP contribution in [0.5, 0.6) is 5.75 Å². The molecule has 0 bridgehead atoms. The molecule has 0 atom stereocenters. The Bertz CT molecular complexity index is 915. The molecule has 0 aliphatic carbocycles. The predicted octanol–water partition coefficient (Wildman–Crippen LogP) is 1.06. The number of carbonyl (C=O) groups is 1. The van der Waals surface area contributed by atoms with Gasteiger partial charge in [-0.05, 0) is 35.4 Å². The fourth-order valence-electron chi connectivity index (χ4n) is 2.18. The number of aromatic nitrogens is 2. The number of carboxylic acids is 1. The van der Waals surface area contributed by atoms with E-state index in [1.54, 1.807) is 18.3 Å². The average Bonchev–Trinajstić information content (AvgIpc) is 3.07. The number of carboxylic acid groups (broad SMARTS) is 1. The Balaban J connectivity index is 1.85. The first-order valence-electron chi connectivity index (χ1n) is 6.99. The number of imidazole rings is 1. The van der Waals surface area contributed by atoms with Gasteiger partial charge in [0.15, 0.2) is 5.70 Å². The third-order valence-electron chi connectivity index (χ3n) is 3.40. The molecule has 8 nitrogen and oxygen atoms in total. The number of pyridine rings is 1. The molecule has 24 heavy (non-hydrogen) atoms. The zero-order valence-electron chi connectivity index (χ0n) is 12.5. The highest BCUT2D eigenvalue weighted by Crippen LogP contribution is 2.23. The molecule has 6 N–H and O–H groups in total. The van der Waals surface area contributed by atoms with Crippen LogP contribution in [-0.2, 0) is 4.79 Å². The second-order valence-corrected chi connectivity index (χ2v) is 4.93. The molecule has 2 heterocycles. The van der Waals surface area contributed by atoms with Crippen LogP contribution >= 0.6 is 0 Å². The van der Waals surface area contributed by atoms with Gasteiger partial charge in [-0.1, -0.05) is 12.1 Å². The van der Waals surface area contributed by atoms with E-state index in [9.17, 15) is 4.79 Å². The molecule has 2 aromatic heterocycles. The molecule has 0 saturated heterocycles. The van der Waals surface area contributed by atoms with Gasteiger partial charge < -0.3 is 20.0 Å². The van der Waals surface area contributed by atoms with Crippen molar-refractivity contribution in [3.05, 3.63) is 66.6 Å². The van der Waals surface area contributed by atoms with E-state index in [-0.39, 0.29) is 5.88 Å². The summed E-state index contributed by atoms with van der Waals surface area (Å²) in [4.78, 5) is 15.0. The van der Waals surface area contributed by atoms with Crippen molar-refractivity contribution in [3.8, 4) is 16.9 Å². The van der Waals surface area contributed by atoms with Crippen LogP contribution in [0.15, 0.2) is 66.6 Å². The Kier molecular flexibility index (Phi) is 4.04. The van der Waals surface area contributed by atoms with Crippen molar-refractivity contribution in [1.29, 1.82) is 0 Å². The van der Waals surface area contributed by atoms with Crippen molar-refractivity contribution in [3.63, 3.8) is 0 Å². The van der Waals surface area contributed by atoms with Gasteiger partial charge in [0.2, 0.25) is 5.88 Å². The topological polar surface area (TPSA) is 128 Å². The highest BCUT2D eigenvalue weighted by atomic mass is 16.5. The van der Waals surface area contributed by atoms with Crippen molar-refractivity contribution in [2.24, 2.45) is 11.6 Å². The smallest absolute Gasteiger partial charge is 0.357 e. The Labute approximate surface area is 137 Å². The maximum atomic E-state index is 10.8. The first kappa shape index (κ1) is 15.4. The first-order valence-corrected chi connectivity index (χ1v) is 6.99. The number of fused-ring (bicyclic) bond motifs is 1. The quantitative estimate of drug-likeness (QED) is 0.239. The maximum Gasteiger partial charge on any atom is 0.357 e. The second kappa shape index (κ2) is 6.31. The Morgan fingerprint density at radius 3 is 2.54 bits per heavy atom. The zero-order valence-corrected chi connectivity index (χ0v) is 12.5. The van der Waals surface area contributed by atoms with E-state index in [2.05, 4.69) is 10.4 Å². The van der Waals surface area contributed by atoms with Gasteiger partial charge in [0.25, 0.3) is 0 Å². The summed E-state index contributed by atoms with van der Waals surface area (Å²) in [6.45, 7) is 0. The van der Waals surface area contributed by atoms with Crippen molar-refractivity contribution >= 4 is 11.6 Å². The normalized spacial score (nSPS) is 11.9. The lowest BCUT2D eigenvalue weighted by molar-refractivity contribution is -0.132. The highest BCUT2D eigenvalue weighted by Gasteiger charge is 2.12. The standard InChI is InChI=1S/C16H15N5O3/c17-14(16(22)23)15(20-18)24-12-4-1-10(2-5-12)11-3-6-13-19-7-8-21(13)9-11/h1-9,20H,17-18H2,(H,22,23)/b15-14+. The van der Waals surface area contributed by atoms with Gasteiger partial charge in [0.05, 0.1) is 0 Å². The van der Waals surface area contributed by atoms with Gasteiger partial charge >= 0.3 is 5.97 Å². The number of hydrazine groups is 1. The van der Waals surface area contributed by atoms with Crippen molar-refractivity contribution in [2.75, 3.05) is 0 Å². The summed E-state index contributed by atoms with van der Waals surface area (Å²) in [5.41, 5.74) is 9.86. The summed E-state index contributed by atoms with van der Waals surface area (Å²) in [7, 11) is 0. The van der Waals surface area contributed by atoms with Crippen LogP contribution in [0.2, 0.25) is 0 Å². The summed E-state index contributed by atoms with van der Waals surface area (Å²) in [6.07, 6.45) is 5.57. The third kappa shape index (κ3) is 2.99. The Morgan fingerprint density at radius 1 is 1.17 bits per heavy atom. The number of benzene rings is 1. The molecule has 0 amide bonds. The van der Waals surface area contributed by atoms with E-state index in [1.807, 2.05) is 41.1 Å². The van der Waals surface area contributed by atoms with Crippen molar-refractivity contribution in [1.82, 2.24) is 14.8 Å². The fourth-order valence-corrected chi connectivity index (χ4v) is 2.18. The fraction of sp³-hybridized carbons (Fsp3) is 0. The molecule has 122 valence electrons. The van der Waals surface area contributed by atoms with Crippen LogP contribution in [0.3, 0.4) is 0 Å². The SMILES string of the molecule is NN/C(Oc1ccc(-c2ccc3nccn3c2)cc1)=C(\N)C(=O)O. The lowest BCUT2D eigenvalue weighted by atomic mass is 10.1. The molecule has 0 spiro atoms. The minimum atomic E-state index is -1.33. The maximum absolute atomic E-state index is 10.8. The number of hydrogen-bond donors (Lipinski definition) is 4. The van der Waals surface area contributed by atoms with Crippen LogP contribution in [0.1, 0.15) is 0 Å². The van der Waals surface area contributed by atoms with Gasteiger partial charge in [0, 0.05) is 18.6 Å². The number of hydrogen-bond acceptors (Lipinski definition) is 6. The van der Waals surface area contributed by atoms with E-state index in [4.69, 9.17) is 21.4 Å². The molecule has 3 rings (SSSR count). The Hall–Kier alpha value is -3.52. The summed E-state index contributed by atoms with van der Waals surface area (Å²) >= 11 is 0. The van der Waals surface area contributed by atoms with E-state index in [1.165, 1.54) is 0 Å². The summed E-state index contributed by atoms with van der Waals surface area (Å²) in [5.74, 6) is 4.09. The van der Waals surface area contributed by atoms with E-state index >= 15 is 0 Å². The lowest BCUT2D eigenvalue weighted by Crippen LogP contribution is -2.31. The number of aliphatic carboxylic acids is 1. The van der Waals surface area contributed by atoms with Crippen LogP contribution in [0.4, 0.5) is 0 Å². The van der Waals surface area contributed by atoms with Gasteiger partial charge in [-0.3, -0.25) is 5.43 Å². The molecule has 1 aromatic carbocycles. The van der Waals surface area contributed by atoms with E-state index < -0.39 is 11.7 Å². The molecule has 3 aromatic rings. The molecule has 0 fully saturated rings. The summed E-state index contributed by atoms with van der Waals surface area (Å²) in [6, 6.07) is 11.0. The number of nitrogens with two attached hydrogens (primary N) is 2. The predicted molar refractivity (Wildman–Crippen MR) is 87.4 cm³/mol. The molecular formula is C16H15N5O3. The largest absolute Gasteiger partial charge is 0.476 e. The van der Waals surface area contributed by atoms with Crippen molar-refractivity contribution in [2.45, 2.75) is 0 Å². The zero-order chi connectivity index (χ0) is 17.1. The average molecular weight is 325 g/mol. The molecule has 0 aliphatic rings. The van der Waals surface area contributed by atoms with E-state index in [0.717, 1.165) is 16.8 Å². The Morgan fingerprint density at radius 2 is 1.88 bits per heavy atom. The van der Waals surface area contributed by atoms with Crippen LogP contribution in [0.25, 0.3) is 16.8 Å². The number of ether oxygens (including phenoxy) is 1. The molecule has 8 heteroatoms. The van der Waals surface area contributed by atoms with Crippen molar-refractivity contribution < 1.29 is 14.6 Å².